The first-order valence-corrected chi connectivity index (χ1v) is 16.6. The zero-order valence-corrected chi connectivity index (χ0v) is 29.9. The molecule has 0 aliphatic carbocycles. The van der Waals surface area contributed by atoms with Crippen molar-refractivity contribution in [3.63, 3.8) is 0 Å². The highest BCUT2D eigenvalue weighted by Crippen LogP contribution is 2.40. The van der Waals surface area contributed by atoms with Crippen molar-refractivity contribution in [3.05, 3.63) is 119 Å². The van der Waals surface area contributed by atoms with Crippen LogP contribution in [0.3, 0.4) is 0 Å². The fourth-order valence-electron chi connectivity index (χ4n) is 6.45. The van der Waals surface area contributed by atoms with Gasteiger partial charge in [0.1, 0.15) is 34.2 Å². The van der Waals surface area contributed by atoms with E-state index in [0.717, 1.165) is 28.0 Å². The maximum Gasteiger partial charge on any atom is 0.342 e. The van der Waals surface area contributed by atoms with E-state index in [1.165, 1.54) is 0 Å². The van der Waals surface area contributed by atoms with Crippen molar-refractivity contribution in [1.82, 2.24) is 0 Å². The summed E-state index contributed by atoms with van der Waals surface area (Å²) in [4.78, 5) is 27.5. The molecule has 0 unspecified atom stereocenters. The van der Waals surface area contributed by atoms with Crippen LogP contribution in [0.25, 0.3) is 0 Å². The molecule has 4 aromatic carbocycles. The van der Waals surface area contributed by atoms with Gasteiger partial charge in [0.2, 0.25) is 0 Å². The molecular formula is C42H48O6. The lowest BCUT2D eigenvalue weighted by Gasteiger charge is -2.33. The van der Waals surface area contributed by atoms with Gasteiger partial charge in [-0.1, -0.05) is 70.2 Å². The minimum Gasteiger partial charge on any atom is -0.491 e. The lowest BCUT2D eigenvalue weighted by molar-refractivity contribution is -0.147. The zero-order chi connectivity index (χ0) is 35.1. The van der Waals surface area contributed by atoms with Gasteiger partial charge in [-0.3, -0.25) is 4.79 Å². The number of benzene rings is 4. The van der Waals surface area contributed by atoms with Gasteiger partial charge in [-0.15, -0.1) is 0 Å². The van der Waals surface area contributed by atoms with Crippen molar-refractivity contribution in [1.29, 1.82) is 0 Å². The molecule has 48 heavy (non-hydrogen) atoms. The van der Waals surface area contributed by atoms with Gasteiger partial charge >= 0.3 is 11.9 Å². The van der Waals surface area contributed by atoms with Crippen molar-refractivity contribution in [3.8, 4) is 23.0 Å². The highest BCUT2D eigenvalue weighted by molar-refractivity contribution is 5.93. The molecule has 3 aliphatic heterocycles. The van der Waals surface area contributed by atoms with E-state index >= 15 is 0 Å². The van der Waals surface area contributed by atoms with Crippen LogP contribution >= 0.6 is 0 Å². The molecule has 0 atom stereocenters. The second-order valence-corrected chi connectivity index (χ2v) is 15.4. The second-order valence-electron chi connectivity index (χ2n) is 15.4. The van der Waals surface area contributed by atoms with E-state index in [1.807, 2.05) is 120 Å². The van der Waals surface area contributed by atoms with Crippen LogP contribution in [0.1, 0.15) is 108 Å². The Morgan fingerprint density at radius 1 is 0.688 bits per heavy atom. The van der Waals surface area contributed by atoms with E-state index in [4.69, 9.17) is 18.9 Å². The van der Waals surface area contributed by atoms with Crippen LogP contribution in [0.4, 0.5) is 0 Å². The Bertz CT molecular complexity index is 1780. The fraction of sp³-hybridized carbons (Fsp3) is 0.381. The van der Waals surface area contributed by atoms with Gasteiger partial charge in [-0.2, -0.15) is 0 Å². The minimum atomic E-state index is -1.01. The monoisotopic (exact) mass is 648 g/mol. The number of esters is 2. The standard InChI is InChI=1S/C42H48O6/c1-27(2)45-32-18-11-30(12-19-32)42(9,10)31-17-24-36-35(25-31)37(43)48-40(5,6)26-39(3,4)38(44)47-34-22-15-29(16-23-34)41(7,8)28-13-20-33(46-36)21-14-28/h11-25,27H,26H2,1-10H3. The largest absolute Gasteiger partial charge is 0.491 e. The molecule has 4 bridgehead atoms. The molecule has 0 saturated heterocycles. The number of rotatable bonds is 4. The molecule has 0 fully saturated rings. The molecule has 3 aliphatic rings. The molecule has 7 rings (SSSR count). The summed E-state index contributed by atoms with van der Waals surface area (Å²) >= 11 is 0. The summed E-state index contributed by atoms with van der Waals surface area (Å²) in [5.41, 5.74) is 1.71. The molecule has 0 N–H and O–H groups in total. The zero-order valence-electron chi connectivity index (χ0n) is 29.9. The van der Waals surface area contributed by atoms with Crippen LogP contribution < -0.4 is 14.2 Å². The van der Waals surface area contributed by atoms with Crippen LogP contribution in [0, 0.1) is 5.41 Å². The Kier molecular flexibility index (Phi) is 9.26. The van der Waals surface area contributed by atoms with Crippen LogP contribution in [0.15, 0.2) is 91.0 Å². The molecule has 6 heteroatoms. The third-order valence-corrected chi connectivity index (χ3v) is 9.25. The molecule has 252 valence electrons. The fourth-order valence-corrected chi connectivity index (χ4v) is 6.45. The summed E-state index contributed by atoms with van der Waals surface area (Å²) < 4.78 is 24.3. The van der Waals surface area contributed by atoms with Gasteiger partial charge in [-0.05, 0) is 112 Å². The van der Waals surface area contributed by atoms with E-state index in [2.05, 4.69) is 39.8 Å². The summed E-state index contributed by atoms with van der Waals surface area (Å²) in [5, 5.41) is 0. The van der Waals surface area contributed by atoms with Gasteiger partial charge in [0, 0.05) is 17.3 Å². The van der Waals surface area contributed by atoms with Crippen LogP contribution in [0.2, 0.25) is 0 Å². The van der Waals surface area contributed by atoms with Crippen LogP contribution in [-0.2, 0) is 20.4 Å². The highest BCUT2D eigenvalue weighted by atomic mass is 16.6. The first kappa shape index (κ1) is 34.7. The third-order valence-electron chi connectivity index (χ3n) is 9.25. The van der Waals surface area contributed by atoms with E-state index in [-0.39, 0.29) is 17.9 Å². The van der Waals surface area contributed by atoms with Crippen molar-refractivity contribution in [2.45, 2.75) is 98.2 Å². The normalized spacial score (nSPS) is 17.3. The Hall–Kier alpha value is -4.58. The average Bonchev–Trinajstić information content (AvgIpc) is 3.00. The van der Waals surface area contributed by atoms with Crippen LogP contribution in [-0.4, -0.2) is 23.6 Å². The predicted octanol–water partition coefficient (Wildman–Crippen LogP) is 10.2. The number of hydrogen-bond acceptors (Lipinski definition) is 6. The maximum absolute atomic E-state index is 14.1. The Morgan fingerprint density at radius 3 is 1.75 bits per heavy atom. The summed E-state index contributed by atoms with van der Waals surface area (Å²) in [7, 11) is 0. The van der Waals surface area contributed by atoms with Crippen molar-refractivity contribution in [2.24, 2.45) is 5.41 Å². The maximum atomic E-state index is 14.1. The van der Waals surface area contributed by atoms with Gasteiger partial charge in [0.25, 0.3) is 0 Å². The smallest absolute Gasteiger partial charge is 0.342 e. The summed E-state index contributed by atoms with van der Waals surface area (Å²) in [6.45, 7) is 19.8. The van der Waals surface area contributed by atoms with Crippen LogP contribution in [0.5, 0.6) is 23.0 Å². The first-order chi connectivity index (χ1) is 22.4. The van der Waals surface area contributed by atoms with E-state index in [0.29, 0.717) is 22.8 Å². The lowest BCUT2D eigenvalue weighted by atomic mass is 9.77. The molecule has 0 aromatic heterocycles. The number of carbonyl (C=O) groups excluding carboxylic acids is 2. The summed E-state index contributed by atoms with van der Waals surface area (Å²) in [5.74, 6) is 1.32. The van der Waals surface area contributed by atoms with Gasteiger partial charge in [0.05, 0.1) is 11.5 Å². The van der Waals surface area contributed by atoms with Crippen molar-refractivity contribution >= 4 is 11.9 Å². The SMILES string of the molecule is CC(C)Oc1ccc(C(C)(C)c2ccc3c(c2)C(=O)OC(C)(C)CC(C)(C)C(=O)Oc2ccc(cc2)C(C)(C)c2ccc(cc2)O3)cc1. The van der Waals surface area contributed by atoms with E-state index in [9.17, 15) is 9.59 Å². The molecule has 0 spiro atoms. The quantitative estimate of drug-likeness (QED) is 0.162. The third kappa shape index (κ3) is 7.43. The molecule has 0 amide bonds. The van der Waals surface area contributed by atoms with Crippen molar-refractivity contribution < 1.29 is 28.5 Å². The minimum absolute atomic E-state index is 0.0799. The summed E-state index contributed by atoms with van der Waals surface area (Å²) in [6, 6.07) is 29.3. The second kappa shape index (κ2) is 12.8. The molecule has 4 aromatic rings. The van der Waals surface area contributed by atoms with Gasteiger partial charge < -0.3 is 18.9 Å². The lowest BCUT2D eigenvalue weighted by Crippen LogP contribution is -2.39. The Morgan fingerprint density at radius 2 is 1.21 bits per heavy atom. The van der Waals surface area contributed by atoms with E-state index in [1.54, 1.807) is 0 Å². The number of ether oxygens (including phenoxy) is 4. The van der Waals surface area contributed by atoms with Gasteiger partial charge in [0.15, 0.2) is 0 Å². The highest BCUT2D eigenvalue weighted by Gasteiger charge is 2.39. The topological polar surface area (TPSA) is 71.1 Å². The number of carbonyl (C=O) groups is 2. The Balaban J connectivity index is 1.58. The first-order valence-electron chi connectivity index (χ1n) is 16.6. The van der Waals surface area contributed by atoms with E-state index < -0.39 is 28.4 Å². The predicted molar refractivity (Wildman–Crippen MR) is 189 cm³/mol. The average molecular weight is 649 g/mol. The summed E-state index contributed by atoms with van der Waals surface area (Å²) in [6.07, 6.45) is 0.319. The molecular weight excluding hydrogens is 600 g/mol. The molecule has 0 saturated carbocycles. The molecule has 6 nitrogen and oxygen atoms in total. The molecule has 0 radical (unpaired) electrons. The number of hydrogen-bond donors (Lipinski definition) is 0. The Labute approximate surface area is 285 Å². The number of fused-ring (bicyclic) bond motifs is 2. The van der Waals surface area contributed by atoms with Crippen molar-refractivity contribution in [2.75, 3.05) is 0 Å². The molecule has 3 heterocycles. The van der Waals surface area contributed by atoms with Gasteiger partial charge in [-0.25, -0.2) is 4.79 Å².